The van der Waals surface area contributed by atoms with E-state index in [9.17, 15) is 19.2 Å². The number of rotatable bonds is 9. The summed E-state index contributed by atoms with van der Waals surface area (Å²) < 4.78 is 10.5. The molecule has 2 heterocycles. The van der Waals surface area contributed by atoms with Crippen molar-refractivity contribution < 1.29 is 23.9 Å². The van der Waals surface area contributed by atoms with E-state index in [4.69, 9.17) is 21.1 Å². The van der Waals surface area contributed by atoms with E-state index in [2.05, 4.69) is 9.97 Å². The quantitative estimate of drug-likeness (QED) is 0.166. The van der Waals surface area contributed by atoms with Crippen molar-refractivity contribution in [2.24, 2.45) is 5.92 Å². The molecule has 0 radical (unpaired) electrons. The highest BCUT2D eigenvalue weighted by Crippen LogP contribution is 2.48. The Bertz CT molecular complexity index is 1980. The summed E-state index contributed by atoms with van der Waals surface area (Å²) in [5.74, 6) is -5.51. The lowest BCUT2D eigenvalue weighted by Crippen LogP contribution is -2.41. The molecule has 0 fully saturated rings. The highest BCUT2D eigenvalue weighted by atomic mass is 35.5. The molecular formula is C35H28ClN3O6. The molecule has 9 nitrogen and oxygen atoms in total. The van der Waals surface area contributed by atoms with Crippen molar-refractivity contribution in [2.75, 3.05) is 19.1 Å². The fourth-order valence-electron chi connectivity index (χ4n) is 5.97. The normalized spacial score (nSPS) is 15.4. The third-order valence-corrected chi connectivity index (χ3v) is 8.34. The fraction of sp³-hybridized carbons (Fsp3) is 0.171. The number of aromatic amines is 1. The fourth-order valence-corrected chi connectivity index (χ4v) is 6.15. The molecule has 1 aliphatic rings. The number of hydrogen-bond acceptors (Lipinski definition) is 7. The number of fused-ring (bicyclic) bond motifs is 2. The molecule has 1 N–H and O–H groups in total. The van der Waals surface area contributed by atoms with Crippen LogP contribution in [0.5, 0.6) is 5.75 Å². The van der Waals surface area contributed by atoms with Gasteiger partial charge in [0.25, 0.3) is 5.56 Å². The third-order valence-electron chi connectivity index (χ3n) is 8.10. The van der Waals surface area contributed by atoms with Crippen LogP contribution in [-0.2, 0) is 20.9 Å². The van der Waals surface area contributed by atoms with Gasteiger partial charge in [-0.2, -0.15) is 0 Å². The number of Topliss-reactive ketones (excluding diaryl/α,β-unsaturated/α-hetero) is 1. The molecule has 1 aliphatic heterocycles. The summed E-state index contributed by atoms with van der Waals surface area (Å²) in [5.41, 5.74) is 2.04. The Hall–Kier alpha value is -5.28. The van der Waals surface area contributed by atoms with Crippen LogP contribution in [0.15, 0.2) is 102 Å². The number of para-hydroxylation sites is 2. The maximum absolute atomic E-state index is 14.7. The lowest BCUT2D eigenvalue weighted by molar-refractivity contribution is -0.144. The van der Waals surface area contributed by atoms with E-state index < -0.39 is 41.0 Å². The number of ketones is 1. The zero-order valence-electron chi connectivity index (χ0n) is 24.4. The first-order valence-electron chi connectivity index (χ1n) is 14.2. The second-order valence-corrected chi connectivity index (χ2v) is 11.1. The van der Waals surface area contributed by atoms with Gasteiger partial charge in [0.05, 0.1) is 43.6 Å². The summed E-state index contributed by atoms with van der Waals surface area (Å²) in [6.45, 7) is 0.214. The molecule has 1 amide bonds. The van der Waals surface area contributed by atoms with Gasteiger partial charge in [-0.3, -0.25) is 19.2 Å². The Morgan fingerprint density at radius 1 is 0.933 bits per heavy atom. The number of benzene rings is 4. The van der Waals surface area contributed by atoms with Crippen molar-refractivity contribution in [2.45, 2.75) is 18.4 Å². The first-order chi connectivity index (χ1) is 21.8. The highest BCUT2D eigenvalue weighted by molar-refractivity contribution is 6.31. The maximum Gasteiger partial charge on any atom is 0.315 e. The number of nitrogens with one attached hydrogen (secondary N) is 1. The smallest absolute Gasteiger partial charge is 0.315 e. The van der Waals surface area contributed by atoms with Gasteiger partial charge in [-0.05, 0) is 65.7 Å². The average Bonchev–Trinajstić information content (AvgIpc) is 3.32. The van der Waals surface area contributed by atoms with Crippen LogP contribution in [-0.4, -0.2) is 41.8 Å². The van der Waals surface area contributed by atoms with Gasteiger partial charge in [0.15, 0.2) is 5.78 Å². The number of hydrogen-bond donors (Lipinski definition) is 1. The molecule has 3 atom stereocenters. The average molecular weight is 622 g/mol. The molecule has 5 aromatic rings. The Morgan fingerprint density at radius 2 is 1.64 bits per heavy atom. The largest absolute Gasteiger partial charge is 0.497 e. The Morgan fingerprint density at radius 3 is 2.36 bits per heavy atom. The molecule has 10 heteroatoms. The van der Waals surface area contributed by atoms with Gasteiger partial charge in [0.2, 0.25) is 5.91 Å². The summed E-state index contributed by atoms with van der Waals surface area (Å²) in [4.78, 5) is 65.4. The summed E-state index contributed by atoms with van der Waals surface area (Å²) in [7, 11) is 2.67. The maximum atomic E-state index is 14.7. The SMILES string of the molecule is COC(=O)C(c1nc2ccccc2[nH]c1=O)C(C(=O)c1ccc(OC)cc1)C1C(=O)N(Cc2ccccc2)c2ccc(Cl)cc21. The van der Waals surface area contributed by atoms with Gasteiger partial charge in [0.1, 0.15) is 17.4 Å². The lowest BCUT2D eigenvalue weighted by atomic mass is 9.73. The molecule has 0 bridgehead atoms. The second kappa shape index (κ2) is 12.4. The number of amides is 1. The van der Waals surface area contributed by atoms with Crippen molar-refractivity contribution in [3.8, 4) is 5.75 Å². The minimum Gasteiger partial charge on any atom is -0.497 e. The van der Waals surface area contributed by atoms with Crippen molar-refractivity contribution in [3.63, 3.8) is 0 Å². The van der Waals surface area contributed by atoms with Crippen LogP contribution in [0, 0.1) is 5.92 Å². The molecule has 0 aliphatic carbocycles. The van der Waals surface area contributed by atoms with Crippen LogP contribution in [0.4, 0.5) is 5.69 Å². The number of anilines is 1. The monoisotopic (exact) mass is 621 g/mol. The number of nitrogens with zero attached hydrogens (tertiary/aromatic N) is 2. The zero-order chi connectivity index (χ0) is 31.7. The van der Waals surface area contributed by atoms with Crippen molar-refractivity contribution in [1.29, 1.82) is 0 Å². The predicted octanol–water partition coefficient (Wildman–Crippen LogP) is 5.67. The number of ether oxygens (including phenoxy) is 2. The molecule has 6 rings (SSSR count). The third kappa shape index (κ3) is 5.58. The Kier molecular flexibility index (Phi) is 8.19. The number of aromatic nitrogens is 2. The molecule has 0 saturated heterocycles. The van der Waals surface area contributed by atoms with E-state index in [0.717, 1.165) is 5.56 Å². The van der Waals surface area contributed by atoms with Gasteiger partial charge in [-0.25, -0.2) is 4.98 Å². The van der Waals surface area contributed by atoms with E-state index in [1.807, 2.05) is 30.3 Å². The summed E-state index contributed by atoms with van der Waals surface area (Å²) >= 11 is 6.47. The van der Waals surface area contributed by atoms with E-state index >= 15 is 0 Å². The first kappa shape index (κ1) is 29.8. The van der Waals surface area contributed by atoms with Crippen LogP contribution >= 0.6 is 11.6 Å². The summed E-state index contributed by atoms with van der Waals surface area (Å²) in [5, 5.41) is 0.347. The number of methoxy groups -OCH3 is 2. The molecule has 4 aromatic carbocycles. The number of H-pyrrole nitrogens is 1. The molecule has 0 spiro atoms. The predicted molar refractivity (Wildman–Crippen MR) is 170 cm³/mol. The highest BCUT2D eigenvalue weighted by Gasteiger charge is 2.51. The van der Waals surface area contributed by atoms with E-state index in [1.54, 1.807) is 71.6 Å². The van der Waals surface area contributed by atoms with Crippen LogP contribution < -0.4 is 15.2 Å². The number of halogens is 1. The molecule has 45 heavy (non-hydrogen) atoms. The topological polar surface area (TPSA) is 119 Å². The van der Waals surface area contributed by atoms with Gasteiger partial charge in [-0.15, -0.1) is 0 Å². The first-order valence-corrected chi connectivity index (χ1v) is 14.6. The molecule has 0 saturated carbocycles. The van der Waals surface area contributed by atoms with Crippen molar-refractivity contribution >= 4 is 46.0 Å². The molecule has 3 unspecified atom stereocenters. The summed E-state index contributed by atoms with van der Waals surface area (Å²) in [6.07, 6.45) is 0. The van der Waals surface area contributed by atoms with E-state index in [1.165, 1.54) is 14.2 Å². The number of esters is 1. The van der Waals surface area contributed by atoms with Crippen LogP contribution in [0.1, 0.15) is 39.0 Å². The van der Waals surface area contributed by atoms with Crippen molar-refractivity contribution in [3.05, 3.63) is 135 Å². The molecule has 1 aromatic heterocycles. The Balaban J connectivity index is 1.58. The number of carbonyl (C=O) groups is 3. The minimum absolute atomic E-state index is 0.213. The number of carbonyl (C=O) groups excluding carboxylic acids is 3. The van der Waals surface area contributed by atoms with Gasteiger partial charge in [0, 0.05) is 16.3 Å². The summed E-state index contributed by atoms with van der Waals surface area (Å²) in [6, 6.07) is 27.6. The zero-order valence-corrected chi connectivity index (χ0v) is 25.2. The minimum atomic E-state index is -1.55. The Labute approximate surface area is 263 Å². The van der Waals surface area contributed by atoms with E-state index in [0.29, 0.717) is 33.1 Å². The van der Waals surface area contributed by atoms with Crippen molar-refractivity contribution in [1.82, 2.24) is 9.97 Å². The van der Waals surface area contributed by atoms with Gasteiger partial charge in [-0.1, -0.05) is 54.1 Å². The lowest BCUT2D eigenvalue weighted by Gasteiger charge is -2.28. The van der Waals surface area contributed by atoms with Gasteiger partial charge < -0.3 is 19.4 Å². The van der Waals surface area contributed by atoms with E-state index in [-0.39, 0.29) is 17.8 Å². The molecular weight excluding hydrogens is 594 g/mol. The van der Waals surface area contributed by atoms with Crippen LogP contribution in [0.25, 0.3) is 11.0 Å². The second-order valence-electron chi connectivity index (χ2n) is 10.7. The standard InChI is InChI=1S/C35H28ClN3O6/c1-44-23-15-12-21(13-16-23)32(40)29(30(35(43)45-2)31-33(41)38-26-11-7-6-10-25(26)37-31)28-24-18-22(36)14-17-27(24)39(34(28)42)19-20-8-4-3-5-9-20/h3-18,28-30H,19H2,1-2H3,(H,38,41). The van der Waals surface area contributed by atoms with Gasteiger partial charge >= 0.3 is 5.97 Å². The van der Waals surface area contributed by atoms with Crippen LogP contribution in [0.2, 0.25) is 5.02 Å². The van der Waals surface area contributed by atoms with Crippen LogP contribution in [0.3, 0.4) is 0 Å². The molecule has 226 valence electrons.